The van der Waals surface area contributed by atoms with Gasteiger partial charge in [-0.25, -0.2) is 9.42 Å². The van der Waals surface area contributed by atoms with Crippen LogP contribution in [0.2, 0.25) is 0 Å². The van der Waals surface area contributed by atoms with Gasteiger partial charge in [-0.15, -0.1) is 0 Å². The summed E-state index contributed by atoms with van der Waals surface area (Å²) >= 11 is 0. The number of hydrogen-bond donors (Lipinski definition) is 1. The maximum atomic E-state index is 12.3. The molecule has 1 aromatic rings. The summed E-state index contributed by atoms with van der Waals surface area (Å²) in [5, 5.41) is 17.2. The molecule has 1 amide bonds. The first-order valence-electron chi connectivity index (χ1n) is 7.62. The summed E-state index contributed by atoms with van der Waals surface area (Å²) in [5.41, 5.74) is -0.635. The van der Waals surface area contributed by atoms with Gasteiger partial charge in [0.1, 0.15) is 17.0 Å². The number of nitrogens with zero attached hydrogens (tertiary/aromatic N) is 3. The number of carbonyl (C=O) groups is 2. The van der Waals surface area contributed by atoms with E-state index < -0.39 is 23.1 Å². The molecule has 8 heteroatoms. The number of hydrogen-bond acceptors (Lipinski definition) is 6. The lowest BCUT2D eigenvalue weighted by molar-refractivity contribution is -0.152. The molecular weight excluding hydrogens is 302 g/mol. The van der Waals surface area contributed by atoms with Gasteiger partial charge < -0.3 is 14.7 Å². The van der Waals surface area contributed by atoms with E-state index in [4.69, 9.17) is 4.74 Å². The van der Waals surface area contributed by atoms with E-state index in [1.165, 1.54) is 4.90 Å². The largest absolute Gasteiger partial charge is 0.481 e. The van der Waals surface area contributed by atoms with Crippen molar-refractivity contribution in [3.8, 4) is 0 Å². The van der Waals surface area contributed by atoms with Gasteiger partial charge in [0.05, 0.1) is 5.41 Å². The zero-order valence-corrected chi connectivity index (χ0v) is 14.0. The van der Waals surface area contributed by atoms with Crippen molar-refractivity contribution in [3.63, 3.8) is 0 Å². The van der Waals surface area contributed by atoms with E-state index in [0.717, 1.165) is 0 Å². The number of ether oxygens (including phenoxy) is 1. The van der Waals surface area contributed by atoms with E-state index in [2.05, 4.69) is 14.9 Å². The van der Waals surface area contributed by atoms with Crippen molar-refractivity contribution < 1.29 is 24.1 Å². The minimum absolute atomic E-state index is 0.0869. The van der Waals surface area contributed by atoms with Crippen molar-refractivity contribution in [1.82, 2.24) is 15.2 Å². The Labute approximate surface area is 134 Å². The van der Waals surface area contributed by atoms with Gasteiger partial charge in [0, 0.05) is 19.5 Å². The minimum atomic E-state index is -1.10. The normalized spacial score (nSPS) is 22.0. The number of amides is 1. The van der Waals surface area contributed by atoms with Crippen LogP contribution in [0.15, 0.2) is 4.63 Å². The molecule has 0 saturated carbocycles. The van der Waals surface area contributed by atoms with Crippen LogP contribution in [-0.4, -0.2) is 51.1 Å². The highest BCUT2D eigenvalue weighted by Crippen LogP contribution is 2.35. The maximum absolute atomic E-state index is 12.3. The molecule has 1 saturated heterocycles. The molecule has 1 aliphatic rings. The fraction of sp³-hybridized carbons (Fsp3) is 0.733. The zero-order chi connectivity index (χ0) is 17.3. The molecule has 23 heavy (non-hydrogen) atoms. The van der Waals surface area contributed by atoms with E-state index in [-0.39, 0.29) is 13.0 Å². The third kappa shape index (κ3) is 4.00. The topological polar surface area (TPSA) is 106 Å². The molecule has 1 fully saturated rings. The Morgan fingerprint density at radius 2 is 2.09 bits per heavy atom. The van der Waals surface area contributed by atoms with Gasteiger partial charge >= 0.3 is 12.1 Å². The third-order valence-corrected chi connectivity index (χ3v) is 3.93. The molecular formula is C15H23N3O5. The van der Waals surface area contributed by atoms with Crippen LogP contribution in [0.5, 0.6) is 0 Å². The third-order valence-electron chi connectivity index (χ3n) is 3.93. The molecule has 1 unspecified atom stereocenters. The summed E-state index contributed by atoms with van der Waals surface area (Å²) in [6, 6.07) is 0. The monoisotopic (exact) mass is 325 g/mol. The number of carboxylic acids is 1. The Morgan fingerprint density at radius 1 is 1.39 bits per heavy atom. The Hall–Kier alpha value is -2.12. The zero-order valence-electron chi connectivity index (χ0n) is 14.0. The highest BCUT2D eigenvalue weighted by molar-refractivity contribution is 5.77. The molecule has 0 radical (unpaired) electrons. The second-order valence-corrected chi connectivity index (χ2v) is 7.06. The molecule has 2 heterocycles. The number of rotatable bonds is 3. The van der Waals surface area contributed by atoms with Crippen molar-refractivity contribution >= 4 is 12.1 Å². The number of aryl methyl sites for hydroxylation is 1. The average molecular weight is 325 g/mol. The van der Waals surface area contributed by atoms with Gasteiger partial charge in [0.15, 0.2) is 0 Å². The number of carbonyl (C=O) groups excluding carboxylic acids is 1. The smallest absolute Gasteiger partial charge is 0.410 e. The van der Waals surface area contributed by atoms with Gasteiger partial charge in [0.2, 0.25) is 0 Å². The highest BCUT2D eigenvalue weighted by Gasteiger charge is 2.45. The molecule has 1 aliphatic heterocycles. The Balaban J connectivity index is 2.18. The predicted octanol–water partition coefficient (Wildman–Crippen LogP) is 2.02. The molecule has 128 valence electrons. The molecule has 8 nitrogen and oxygen atoms in total. The quantitative estimate of drug-likeness (QED) is 0.906. The molecule has 1 aromatic heterocycles. The van der Waals surface area contributed by atoms with Gasteiger partial charge in [-0.3, -0.25) is 4.79 Å². The van der Waals surface area contributed by atoms with Gasteiger partial charge in [-0.05, 0) is 40.5 Å². The van der Waals surface area contributed by atoms with Crippen molar-refractivity contribution in [2.24, 2.45) is 5.41 Å². The summed E-state index contributed by atoms with van der Waals surface area (Å²) in [7, 11) is 0. The minimum Gasteiger partial charge on any atom is -0.481 e. The van der Waals surface area contributed by atoms with E-state index in [9.17, 15) is 14.7 Å². The number of carboxylic acid groups (broad SMARTS) is 1. The summed E-state index contributed by atoms with van der Waals surface area (Å²) < 4.78 is 10.0. The summed E-state index contributed by atoms with van der Waals surface area (Å²) in [6.45, 7) is 7.64. The summed E-state index contributed by atoms with van der Waals surface area (Å²) in [4.78, 5) is 25.6. The Bertz CT molecular complexity index is 592. The van der Waals surface area contributed by atoms with Crippen LogP contribution < -0.4 is 0 Å². The molecule has 0 aromatic carbocycles. The lowest BCUT2D eigenvalue weighted by Crippen LogP contribution is -2.52. The molecule has 0 bridgehead atoms. The number of aromatic nitrogens is 2. The van der Waals surface area contributed by atoms with Crippen LogP contribution in [0.25, 0.3) is 0 Å². The predicted molar refractivity (Wildman–Crippen MR) is 79.8 cm³/mol. The number of piperidine rings is 1. The van der Waals surface area contributed by atoms with Crippen molar-refractivity contribution in [3.05, 3.63) is 11.4 Å². The first-order valence-corrected chi connectivity index (χ1v) is 7.62. The van der Waals surface area contributed by atoms with Gasteiger partial charge in [-0.2, -0.15) is 0 Å². The first-order chi connectivity index (χ1) is 10.6. The molecule has 1 atom stereocenters. The van der Waals surface area contributed by atoms with Crippen LogP contribution in [0, 0.1) is 12.3 Å². The lowest BCUT2D eigenvalue weighted by Gasteiger charge is -2.39. The van der Waals surface area contributed by atoms with E-state index in [0.29, 0.717) is 30.8 Å². The second-order valence-electron chi connectivity index (χ2n) is 7.06. The van der Waals surface area contributed by atoms with Crippen LogP contribution >= 0.6 is 0 Å². The van der Waals surface area contributed by atoms with Gasteiger partial charge in [-0.1, -0.05) is 10.3 Å². The van der Waals surface area contributed by atoms with E-state index in [1.807, 2.05) is 0 Å². The van der Waals surface area contributed by atoms with Crippen LogP contribution in [-0.2, 0) is 16.0 Å². The van der Waals surface area contributed by atoms with Gasteiger partial charge in [0.25, 0.3) is 0 Å². The van der Waals surface area contributed by atoms with E-state index in [1.54, 1.807) is 27.7 Å². The number of likely N-dealkylation sites (tertiary alicyclic amines) is 1. The highest BCUT2D eigenvalue weighted by atomic mass is 16.6. The molecule has 1 N–H and O–H groups in total. The van der Waals surface area contributed by atoms with Crippen LogP contribution in [0.3, 0.4) is 0 Å². The standard InChI is InChI=1S/C15H23N3O5/c1-10-11(17-23-16-10)8-15(12(19)20)6-5-7-18(9-15)13(21)22-14(2,3)4/h5-9H2,1-4H3,(H,19,20). The fourth-order valence-corrected chi connectivity index (χ4v) is 2.74. The maximum Gasteiger partial charge on any atom is 0.410 e. The lowest BCUT2D eigenvalue weighted by atomic mass is 9.76. The van der Waals surface area contributed by atoms with Crippen molar-refractivity contribution in [2.75, 3.05) is 13.1 Å². The van der Waals surface area contributed by atoms with Crippen LogP contribution in [0.4, 0.5) is 4.79 Å². The van der Waals surface area contributed by atoms with Crippen molar-refractivity contribution in [1.29, 1.82) is 0 Å². The van der Waals surface area contributed by atoms with Crippen LogP contribution in [0.1, 0.15) is 45.0 Å². The number of aliphatic carboxylic acids is 1. The summed E-state index contributed by atoms with van der Waals surface area (Å²) in [5.74, 6) is -0.951. The molecule has 2 rings (SSSR count). The summed E-state index contributed by atoms with van der Waals surface area (Å²) in [6.07, 6.45) is 0.749. The molecule has 0 spiro atoms. The van der Waals surface area contributed by atoms with Crippen molar-refractivity contribution in [2.45, 2.75) is 52.6 Å². The fourth-order valence-electron chi connectivity index (χ4n) is 2.74. The molecule has 0 aliphatic carbocycles. The average Bonchev–Trinajstić information content (AvgIpc) is 2.82. The Kier molecular flexibility index (Phi) is 4.63. The Morgan fingerprint density at radius 3 is 2.61 bits per heavy atom. The SMILES string of the molecule is Cc1nonc1CC1(C(=O)O)CCCN(C(=O)OC(C)(C)C)C1. The first kappa shape index (κ1) is 17.2. The second kappa shape index (κ2) is 6.17. The van der Waals surface area contributed by atoms with E-state index >= 15 is 0 Å².